The molecule has 0 aromatic carbocycles. The van der Waals surface area contributed by atoms with Crippen LogP contribution >= 0.6 is 0 Å². The summed E-state index contributed by atoms with van der Waals surface area (Å²) in [6, 6.07) is 2.27. The van der Waals surface area contributed by atoms with Gasteiger partial charge < -0.3 is 15.8 Å². The van der Waals surface area contributed by atoms with E-state index in [4.69, 9.17) is 10.5 Å². The van der Waals surface area contributed by atoms with Crippen molar-refractivity contribution in [2.45, 2.75) is 19.4 Å². The van der Waals surface area contributed by atoms with Gasteiger partial charge in [-0.2, -0.15) is 0 Å². The van der Waals surface area contributed by atoms with Crippen LogP contribution in [0.4, 0.5) is 5.82 Å². The molecule has 0 radical (unpaired) electrons. The summed E-state index contributed by atoms with van der Waals surface area (Å²) in [5, 5.41) is 3.22. The van der Waals surface area contributed by atoms with Gasteiger partial charge in [0.1, 0.15) is 5.82 Å². The predicted octanol–water partition coefficient (Wildman–Crippen LogP) is 1.27. The Bertz CT molecular complexity index is 315. The highest BCUT2D eigenvalue weighted by molar-refractivity contribution is 5.42. The van der Waals surface area contributed by atoms with Gasteiger partial charge in [0.15, 0.2) is 0 Å². The lowest BCUT2D eigenvalue weighted by molar-refractivity contribution is 0.184. The van der Waals surface area contributed by atoms with Gasteiger partial charge >= 0.3 is 0 Å². The molecule has 1 heterocycles. The first-order chi connectivity index (χ1) is 7.19. The number of hydrogen-bond donors (Lipinski definition) is 2. The van der Waals surface area contributed by atoms with Gasteiger partial charge in [-0.3, -0.25) is 0 Å². The molecule has 0 saturated heterocycles. The van der Waals surface area contributed by atoms with Crippen LogP contribution in [0.1, 0.15) is 23.6 Å². The number of ether oxygens (including phenoxy) is 1. The Morgan fingerprint density at radius 2 is 2.33 bits per heavy atom. The lowest BCUT2D eigenvalue weighted by Gasteiger charge is -2.17. The standard InChI is InChI=1S/C11H19N3O/c1-8-6-9(11(12)14-7-8)10(13-2)4-5-15-3/h6-7,10,13H,4-5H2,1-3H3,(H2,12,14). The monoisotopic (exact) mass is 209 g/mol. The van der Waals surface area contributed by atoms with Crippen LogP contribution in [0, 0.1) is 6.92 Å². The van der Waals surface area contributed by atoms with E-state index in [1.807, 2.05) is 14.0 Å². The molecule has 0 saturated carbocycles. The van der Waals surface area contributed by atoms with Gasteiger partial charge in [0.05, 0.1) is 0 Å². The van der Waals surface area contributed by atoms with Crippen LogP contribution in [0.25, 0.3) is 0 Å². The average Bonchev–Trinajstić information content (AvgIpc) is 2.24. The second-order valence-corrected chi connectivity index (χ2v) is 3.61. The summed E-state index contributed by atoms with van der Waals surface area (Å²) in [7, 11) is 3.62. The Kier molecular flexibility index (Phi) is 4.52. The van der Waals surface area contributed by atoms with Crippen LogP contribution in [0.3, 0.4) is 0 Å². The van der Waals surface area contributed by atoms with Crippen molar-refractivity contribution in [3.8, 4) is 0 Å². The third-order valence-corrected chi connectivity index (χ3v) is 2.42. The Hall–Kier alpha value is -1.13. The number of hydrogen-bond acceptors (Lipinski definition) is 4. The largest absolute Gasteiger partial charge is 0.385 e. The Balaban J connectivity index is 2.85. The average molecular weight is 209 g/mol. The molecule has 0 bridgehead atoms. The first-order valence-corrected chi connectivity index (χ1v) is 5.07. The number of nitrogens with zero attached hydrogens (tertiary/aromatic N) is 1. The van der Waals surface area contributed by atoms with Gasteiger partial charge in [0.25, 0.3) is 0 Å². The highest BCUT2D eigenvalue weighted by Gasteiger charge is 2.12. The van der Waals surface area contributed by atoms with Gasteiger partial charge in [-0.25, -0.2) is 4.98 Å². The normalized spacial score (nSPS) is 12.7. The minimum absolute atomic E-state index is 0.206. The van der Waals surface area contributed by atoms with Crippen molar-refractivity contribution in [3.63, 3.8) is 0 Å². The maximum Gasteiger partial charge on any atom is 0.128 e. The van der Waals surface area contributed by atoms with Crippen LogP contribution in [0.15, 0.2) is 12.3 Å². The molecule has 1 atom stereocenters. The third kappa shape index (κ3) is 3.18. The molecule has 0 aliphatic carbocycles. The molecule has 4 heteroatoms. The second kappa shape index (κ2) is 5.68. The van der Waals surface area contributed by atoms with Crippen LogP contribution in [-0.2, 0) is 4.74 Å². The molecule has 1 aromatic rings. The van der Waals surface area contributed by atoms with E-state index < -0.39 is 0 Å². The first kappa shape index (κ1) is 11.9. The van der Waals surface area contributed by atoms with E-state index in [1.165, 1.54) is 0 Å². The molecular weight excluding hydrogens is 190 g/mol. The van der Waals surface area contributed by atoms with Crippen LogP contribution in [0.2, 0.25) is 0 Å². The minimum Gasteiger partial charge on any atom is -0.385 e. The Morgan fingerprint density at radius 1 is 1.60 bits per heavy atom. The van der Waals surface area contributed by atoms with Crippen LogP contribution in [0.5, 0.6) is 0 Å². The minimum atomic E-state index is 0.206. The number of anilines is 1. The van der Waals surface area contributed by atoms with Crippen molar-refractivity contribution in [3.05, 3.63) is 23.4 Å². The molecule has 15 heavy (non-hydrogen) atoms. The number of nitrogen functional groups attached to an aromatic ring is 1. The van der Waals surface area contributed by atoms with Gasteiger partial charge in [-0.05, 0) is 32.0 Å². The second-order valence-electron chi connectivity index (χ2n) is 3.61. The molecule has 3 N–H and O–H groups in total. The van der Waals surface area contributed by atoms with Crippen molar-refractivity contribution < 1.29 is 4.74 Å². The maximum absolute atomic E-state index is 5.85. The number of nitrogens with one attached hydrogen (secondary N) is 1. The number of aryl methyl sites for hydroxylation is 1. The topological polar surface area (TPSA) is 60.2 Å². The summed E-state index contributed by atoms with van der Waals surface area (Å²) in [5.74, 6) is 0.594. The fraction of sp³-hybridized carbons (Fsp3) is 0.545. The third-order valence-electron chi connectivity index (χ3n) is 2.42. The van der Waals surface area contributed by atoms with Crippen molar-refractivity contribution >= 4 is 5.82 Å². The quantitative estimate of drug-likeness (QED) is 0.766. The zero-order valence-electron chi connectivity index (χ0n) is 9.58. The van der Waals surface area contributed by atoms with E-state index in [0.717, 1.165) is 17.5 Å². The van der Waals surface area contributed by atoms with Gasteiger partial charge in [0, 0.05) is 31.5 Å². The number of methoxy groups -OCH3 is 1. The highest BCUT2D eigenvalue weighted by atomic mass is 16.5. The summed E-state index contributed by atoms with van der Waals surface area (Å²) in [6.07, 6.45) is 2.67. The summed E-state index contributed by atoms with van der Waals surface area (Å²) in [4.78, 5) is 4.15. The zero-order valence-corrected chi connectivity index (χ0v) is 9.58. The van der Waals surface area contributed by atoms with E-state index in [-0.39, 0.29) is 6.04 Å². The van der Waals surface area contributed by atoms with Gasteiger partial charge in [0.2, 0.25) is 0 Å². The molecule has 84 valence electrons. The summed E-state index contributed by atoms with van der Waals surface area (Å²) >= 11 is 0. The van der Waals surface area contributed by atoms with Crippen LogP contribution in [-0.4, -0.2) is 25.7 Å². The molecule has 0 spiro atoms. The molecule has 0 fully saturated rings. The fourth-order valence-corrected chi connectivity index (χ4v) is 1.57. The molecule has 1 aromatic heterocycles. The maximum atomic E-state index is 5.85. The molecule has 0 aliphatic heterocycles. The predicted molar refractivity (Wildman–Crippen MR) is 61.7 cm³/mol. The van der Waals surface area contributed by atoms with E-state index in [9.17, 15) is 0 Å². The van der Waals surface area contributed by atoms with Crippen LogP contribution < -0.4 is 11.1 Å². The van der Waals surface area contributed by atoms with E-state index in [2.05, 4.69) is 16.4 Å². The van der Waals surface area contributed by atoms with E-state index >= 15 is 0 Å². The van der Waals surface area contributed by atoms with Crippen molar-refractivity contribution in [2.75, 3.05) is 26.5 Å². The number of pyridine rings is 1. The highest BCUT2D eigenvalue weighted by Crippen LogP contribution is 2.21. The summed E-state index contributed by atoms with van der Waals surface area (Å²) in [5.41, 5.74) is 8.02. The molecule has 0 amide bonds. The number of rotatable bonds is 5. The van der Waals surface area contributed by atoms with Gasteiger partial charge in [-0.1, -0.05) is 0 Å². The molecular formula is C11H19N3O. The van der Waals surface area contributed by atoms with Crippen molar-refractivity contribution in [1.29, 1.82) is 0 Å². The lowest BCUT2D eigenvalue weighted by atomic mass is 10.0. The molecule has 1 rings (SSSR count). The zero-order chi connectivity index (χ0) is 11.3. The Morgan fingerprint density at radius 3 is 2.93 bits per heavy atom. The SMILES string of the molecule is CNC(CCOC)c1cc(C)cnc1N. The molecule has 1 unspecified atom stereocenters. The summed E-state index contributed by atoms with van der Waals surface area (Å²) < 4.78 is 5.06. The van der Waals surface area contributed by atoms with Crippen molar-refractivity contribution in [2.24, 2.45) is 0 Å². The van der Waals surface area contributed by atoms with E-state index in [0.29, 0.717) is 12.4 Å². The van der Waals surface area contributed by atoms with Crippen molar-refractivity contribution in [1.82, 2.24) is 10.3 Å². The summed E-state index contributed by atoms with van der Waals surface area (Å²) in [6.45, 7) is 2.72. The molecule has 0 aliphatic rings. The number of nitrogens with two attached hydrogens (primary N) is 1. The fourth-order valence-electron chi connectivity index (χ4n) is 1.57. The number of aromatic nitrogens is 1. The Labute approximate surface area is 90.8 Å². The first-order valence-electron chi connectivity index (χ1n) is 5.07. The molecule has 4 nitrogen and oxygen atoms in total. The van der Waals surface area contributed by atoms with Gasteiger partial charge in [-0.15, -0.1) is 0 Å². The lowest BCUT2D eigenvalue weighted by Crippen LogP contribution is -2.20. The smallest absolute Gasteiger partial charge is 0.128 e. The van der Waals surface area contributed by atoms with E-state index in [1.54, 1.807) is 13.3 Å².